The van der Waals surface area contributed by atoms with Crippen molar-refractivity contribution < 1.29 is 9.47 Å². The van der Waals surface area contributed by atoms with Gasteiger partial charge in [-0.2, -0.15) is 5.10 Å². The van der Waals surface area contributed by atoms with Gasteiger partial charge in [-0.3, -0.25) is 5.43 Å². The first-order valence-electron chi connectivity index (χ1n) is 6.05. The van der Waals surface area contributed by atoms with E-state index in [0.29, 0.717) is 0 Å². The number of methoxy groups -OCH3 is 1. The first-order chi connectivity index (χ1) is 9.79. The zero-order chi connectivity index (χ0) is 14.2. The van der Waals surface area contributed by atoms with Gasteiger partial charge in [0, 0.05) is 7.11 Å². The van der Waals surface area contributed by atoms with E-state index in [-0.39, 0.29) is 6.79 Å². The van der Waals surface area contributed by atoms with Gasteiger partial charge in [0.1, 0.15) is 5.75 Å². The van der Waals surface area contributed by atoms with Gasteiger partial charge < -0.3 is 9.47 Å². The molecule has 1 N–H and O–H groups in total. The highest BCUT2D eigenvalue weighted by atomic mass is 79.9. The van der Waals surface area contributed by atoms with Gasteiger partial charge >= 0.3 is 0 Å². The van der Waals surface area contributed by atoms with Gasteiger partial charge in [-0.1, -0.05) is 18.2 Å². The monoisotopic (exact) mass is 334 g/mol. The van der Waals surface area contributed by atoms with E-state index in [2.05, 4.69) is 26.5 Å². The number of para-hydroxylation sites is 1. The van der Waals surface area contributed by atoms with E-state index in [1.807, 2.05) is 48.5 Å². The normalized spacial score (nSPS) is 10.7. The van der Waals surface area contributed by atoms with Crippen molar-refractivity contribution in [3.05, 3.63) is 58.6 Å². The fourth-order valence-electron chi connectivity index (χ4n) is 1.53. The lowest BCUT2D eigenvalue weighted by Gasteiger charge is -2.07. The van der Waals surface area contributed by atoms with Crippen molar-refractivity contribution in [1.29, 1.82) is 0 Å². The number of nitrogens with one attached hydrogen (secondary N) is 1. The third-order valence-electron chi connectivity index (χ3n) is 2.47. The van der Waals surface area contributed by atoms with Gasteiger partial charge in [-0.25, -0.2) is 0 Å². The number of hydrazone groups is 1. The molecule has 5 heteroatoms. The summed E-state index contributed by atoms with van der Waals surface area (Å²) < 4.78 is 11.1. The molecule has 4 nitrogen and oxygen atoms in total. The van der Waals surface area contributed by atoms with Crippen molar-refractivity contribution in [3.63, 3.8) is 0 Å². The Hall–Kier alpha value is -1.85. The number of ether oxygens (including phenoxy) is 2. The van der Waals surface area contributed by atoms with Crippen LogP contribution in [0.3, 0.4) is 0 Å². The summed E-state index contributed by atoms with van der Waals surface area (Å²) in [6.07, 6.45) is 1.75. The lowest BCUT2D eigenvalue weighted by molar-refractivity contribution is 0.0506. The molecular weight excluding hydrogens is 320 g/mol. The van der Waals surface area contributed by atoms with E-state index in [1.54, 1.807) is 13.3 Å². The van der Waals surface area contributed by atoms with Gasteiger partial charge in [0.2, 0.25) is 0 Å². The Morgan fingerprint density at radius 3 is 2.70 bits per heavy atom. The van der Waals surface area contributed by atoms with Crippen molar-refractivity contribution >= 4 is 27.8 Å². The number of benzene rings is 2. The molecule has 2 aromatic rings. The third kappa shape index (κ3) is 4.36. The average molecular weight is 335 g/mol. The van der Waals surface area contributed by atoms with Crippen molar-refractivity contribution in [2.24, 2.45) is 5.10 Å². The minimum Gasteiger partial charge on any atom is -0.466 e. The molecule has 0 spiro atoms. The van der Waals surface area contributed by atoms with Crippen molar-refractivity contribution in [3.8, 4) is 5.75 Å². The highest BCUT2D eigenvalue weighted by Gasteiger charge is 2.01. The number of hydrogen-bond donors (Lipinski definition) is 1. The van der Waals surface area contributed by atoms with Crippen LogP contribution in [0.1, 0.15) is 5.56 Å². The summed E-state index contributed by atoms with van der Waals surface area (Å²) in [7, 11) is 1.59. The van der Waals surface area contributed by atoms with Crippen molar-refractivity contribution in [1.82, 2.24) is 0 Å². The summed E-state index contributed by atoms with van der Waals surface area (Å²) in [5.41, 5.74) is 4.87. The van der Waals surface area contributed by atoms with Gasteiger partial charge in [0.25, 0.3) is 0 Å². The molecule has 0 heterocycles. The number of anilines is 1. The van der Waals surface area contributed by atoms with Gasteiger partial charge in [0.05, 0.1) is 16.4 Å². The molecule has 20 heavy (non-hydrogen) atoms. The Morgan fingerprint density at radius 2 is 2.00 bits per heavy atom. The fourth-order valence-corrected chi connectivity index (χ4v) is 2.04. The van der Waals surface area contributed by atoms with E-state index < -0.39 is 0 Å². The second-order valence-electron chi connectivity index (χ2n) is 3.98. The lowest BCUT2D eigenvalue weighted by atomic mass is 10.2. The molecule has 0 unspecified atom stereocenters. The molecule has 0 amide bonds. The molecule has 0 aliphatic carbocycles. The van der Waals surface area contributed by atoms with E-state index >= 15 is 0 Å². The zero-order valence-electron chi connectivity index (χ0n) is 11.0. The van der Waals surface area contributed by atoms with E-state index in [9.17, 15) is 0 Å². The number of halogens is 1. The summed E-state index contributed by atoms with van der Waals surface area (Å²) in [6, 6.07) is 15.5. The van der Waals surface area contributed by atoms with E-state index in [1.165, 1.54) is 0 Å². The molecule has 0 aromatic heterocycles. The standard InChI is InChI=1S/C15H15BrN2O2/c1-19-11-20-15-8-7-12(9-14(15)16)10-17-18-13-5-3-2-4-6-13/h2-10,18H,11H2,1H3. The number of nitrogens with zero attached hydrogens (tertiary/aromatic N) is 1. The van der Waals surface area contributed by atoms with Crippen LogP contribution >= 0.6 is 15.9 Å². The zero-order valence-corrected chi connectivity index (χ0v) is 12.6. The molecule has 0 atom stereocenters. The topological polar surface area (TPSA) is 42.9 Å². The Kier molecular flexibility index (Phi) is 5.58. The highest BCUT2D eigenvalue weighted by molar-refractivity contribution is 9.10. The molecule has 104 valence electrons. The van der Waals surface area contributed by atoms with Crippen LogP contribution < -0.4 is 10.2 Å². The van der Waals surface area contributed by atoms with Crippen LogP contribution in [0.25, 0.3) is 0 Å². The van der Waals surface area contributed by atoms with Crippen LogP contribution in [0.4, 0.5) is 5.69 Å². The van der Waals surface area contributed by atoms with Crippen LogP contribution in [0, 0.1) is 0 Å². The Bertz CT molecular complexity index is 573. The van der Waals surface area contributed by atoms with Gasteiger partial charge in [0.15, 0.2) is 6.79 Å². The Balaban J connectivity index is 1.97. The number of rotatable bonds is 6. The molecule has 0 bridgehead atoms. The quantitative estimate of drug-likeness (QED) is 0.495. The Labute approximate surface area is 126 Å². The maximum absolute atomic E-state index is 5.39. The fraction of sp³-hybridized carbons (Fsp3) is 0.133. The summed E-state index contributed by atoms with van der Waals surface area (Å²) in [6.45, 7) is 0.224. The molecule has 0 saturated heterocycles. The second-order valence-corrected chi connectivity index (χ2v) is 4.83. The van der Waals surface area contributed by atoms with E-state index in [0.717, 1.165) is 21.5 Å². The molecule has 0 saturated carbocycles. The van der Waals surface area contributed by atoms with Crippen molar-refractivity contribution in [2.45, 2.75) is 0 Å². The van der Waals surface area contributed by atoms with Gasteiger partial charge in [-0.05, 0) is 51.8 Å². The minimum atomic E-state index is 0.224. The highest BCUT2D eigenvalue weighted by Crippen LogP contribution is 2.25. The molecule has 2 aromatic carbocycles. The smallest absolute Gasteiger partial charge is 0.188 e. The first-order valence-corrected chi connectivity index (χ1v) is 6.84. The average Bonchev–Trinajstić information content (AvgIpc) is 2.47. The maximum Gasteiger partial charge on any atom is 0.188 e. The lowest BCUT2D eigenvalue weighted by Crippen LogP contribution is -1.99. The molecular formula is C15H15BrN2O2. The van der Waals surface area contributed by atoms with Gasteiger partial charge in [-0.15, -0.1) is 0 Å². The predicted octanol–water partition coefficient (Wildman–Crippen LogP) is 3.88. The summed E-state index contributed by atoms with van der Waals surface area (Å²) in [5, 5.41) is 4.18. The first kappa shape index (κ1) is 14.6. The third-order valence-corrected chi connectivity index (χ3v) is 3.09. The van der Waals surface area contributed by atoms with Crippen LogP contribution in [0.5, 0.6) is 5.75 Å². The summed E-state index contributed by atoms with van der Waals surface area (Å²) in [4.78, 5) is 0. The molecule has 2 rings (SSSR count). The largest absolute Gasteiger partial charge is 0.466 e. The van der Waals surface area contributed by atoms with Crippen LogP contribution in [-0.4, -0.2) is 20.1 Å². The van der Waals surface area contributed by atoms with Crippen LogP contribution in [0.2, 0.25) is 0 Å². The maximum atomic E-state index is 5.39. The molecule has 0 aliphatic rings. The second kappa shape index (κ2) is 7.67. The molecule has 0 radical (unpaired) electrons. The van der Waals surface area contributed by atoms with Crippen LogP contribution in [0.15, 0.2) is 58.1 Å². The van der Waals surface area contributed by atoms with Crippen LogP contribution in [-0.2, 0) is 4.74 Å². The van der Waals surface area contributed by atoms with E-state index in [4.69, 9.17) is 9.47 Å². The number of hydrogen-bond acceptors (Lipinski definition) is 4. The predicted molar refractivity (Wildman–Crippen MR) is 84.3 cm³/mol. The molecule has 0 fully saturated rings. The summed E-state index contributed by atoms with van der Waals surface area (Å²) in [5.74, 6) is 0.736. The SMILES string of the molecule is COCOc1ccc(C=NNc2ccccc2)cc1Br. The minimum absolute atomic E-state index is 0.224. The summed E-state index contributed by atoms with van der Waals surface area (Å²) >= 11 is 3.45. The van der Waals surface area contributed by atoms with Crippen molar-refractivity contribution in [2.75, 3.05) is 19.3 Å². The molecule has 0 aliphatic heterocycles. The Morgan fingerprint density at radius 1 is 1.20 bits per heavy atom.